The van der Waals surface area contributed by atoms with E-state index in [0.29, 0.717) is 33.4 Å². The number of rotatable bonds is 6. The highest BCUT2D eigenvalue weighted by Gasteiger charge is 2.19. The van der Waals surface area contributed by atoms with Crippen LogP contribution in [0, 0.1) is 18.3 Å². The zero-order chi connectivity index (χ0) is 21.0. The molecule has 146 valence electrons. The number of nitriles is 1. The molecule has 0 saturated carbocycles. The van der Waals surface area contributed by atoms with E-state index in [1.54, 1.807) is 25.3 Å². The average Bonchev–Trinajstić information content (AvgIpc) is 3.08. The molecule has 2 aromatic carbocycles. The van der Waals surface area contributed by atoms with Gasteiger partial charge in [0.25, 0.3) is 0 Å². The van der Waals surface area contributed by atoms with Crippen molar-refractivity contribution in [2.45, 2.75) is 6.92 Å². The van der Waals surface area contributed by atoms with Gasteiger partial charge in [0.2, 0.25) is 5.78 Å². The van der Waals surface area contributed by atoms with Crippen LogP contribution in [0.4, 0.5) is 0 Å². The average molecular weight is 407 g/mol. The number of methoxy groups -OCH3 is 2. The molecule has 0 unspecified atom stereocenters. The van der Waals surface area contributed by atoms with Crippen LogP contribution in [0.15, 0.2) is 60.2 Å². The van der Waals surface area contributed by atoms with Crippen molar-refractivity contribution >= 4 is 33.3 Å². The number of ether oxygens (including phenoxy) is 2. The van der Waals surface area contributed by atoms with Crippen molar-refractivity contribution in [3.8, 4) is 17.6 Å². The molecular weight excluding hydrogens is 388 g/mol. The second-order valence-corrected chi connectivity index (χ2v) is 6.68. The molecule has 29 heavy (non-hydrogen) atoms. The monoisotopic (exact) mass is 406 g/mol. The lowest BCUT2D eigenvalue weighted by molar-refractivity contribution is 0.104. The van der Waals surface area contributed by atoms with Gasteiger partial charge in [0.15, 0.2) is 11.5 Å². The van der Waals surface area contributed by atoms with E-state index in [1.165, 1.54) is 19.3 Å². The number of ketones is 1. The Morgan fingerprint density at radius 1 is 1.10 bits per heavy atom. The molecule has 0 aliphatic heterocycles. The van der Waals surface area contributed by atoms with E-state index in [2.05, 4.69) is 4.98 Å². The molecule has 1 N–H and O–H groups in total. The van der Waals surface area contributed by atoms with Gasteiger partial charge >= 0.3 is 0 Å². The third-order valence-electron chi connectivity index (χ3n) is 4.54. The zero-order valence-electron chi connectivity index (χ0n) is 16.2. The summed E-state index contributed by atoms with van der Waals surface area (Å²) in [4.78, 5) is 16.2. The Morgan fingerprint density at radius 3 is 2.52 bits per heavy atom. The predicted molar refractivity (Wildman–Crippen MR) is 114 cm³/mol. The van der Waals surface area contributed by atoms with E-state index >= 15 is 0 Å². The quantitative estimate of drug-likeness (QED) is 0.257. The van der Waals surface area contributed by atoms with Gasteiger partial charge in [-0.1, -0.05) is 29.8 Å². The lowest BCUT2D eigenvalue weighted by Crippen LogP contribution is -2.03. The van der Waals surface area contributed by atoms with E-state index in [9.17, 15) is 10.1 Å². The van der Waals surface area contributed by atoms with Crippen LogP contribution >= 0.6 is 11.6 Å². The van der Waals surface area contributed by atoms with E-state index < -0.39 is 0 Å². The van der Waals surface area contributed by atoms with E-state index in [4.69, 9.17) is 21.1 Å². The number of para-hydroxylation sites is 1. The molecule has 1 heterocycles. The Labute approximate surface area is 173 Å². The first kappa shape index (κ1) is 20.2. The summed E-state index contributed by atoms with van der Waals surface area (Å²) in [5.41, 5.74) is 2.73. The molecular formula is C23H19ClN2O3. The molecule has 5 nitrogen and oxygen atoms in total. The highest BCUT2D eigenvalue weighted by Crippen LogP contribution is 2.32. The summed E-state index contributed by atoms with van der Waals surface area (Å²) in [6.45, 7) is 1.81. The summed E-state index contributed by atoms with van der Waals surface area (Å²) in [6, 6.07) is 14.7. The number of allylic oxidation sites excluding steroid dienone is 3. The van der Waals surface area contributed by atoms with Gasteiger partial charge in [0.05, 0.1) is 19.8 Å². The topological polar surface area (TPSA) is 75.1 Å². The van der Waals surface area contributed by atoms with Crippen LogP contribution in [0.25, 0.3) is 15.9 Å². The number of aromatic amines is 1. The van der Waals surface area contributed by atoms with Crippen molar-refractivity contribution in [3.63, 3.8) is 0 Å². The van der Waals surface area contributed by atoms with Crippen molar-refractivity contribution < 1.29 is 14.3 Å². The highest BCUT2D eigenvalue weighted by atomic mass is 35.5. The Hall–Kier alpha value is -3.49. The number of aromatic nitrogens is 1. The Balaban J connectivity index is 1.96. The smallest absolute Gasteiger partial charge is 0.205 e. The first-order valence-corrected chi connectivity index (χ1v) is 9.20. The predicted octanol–water partition coefficient (Wildman–Crippen LogP) is 5.41. The lowest BCUT2D eigenvalue weighted by atomic mass is 10.0. The van der Waals surface area contributed by atoms with Gasteiger partial charge in [-0.15, -0.1) is 0 Å². The number of nitrogens with zero attached hydrogens (tertiary/aromatic N) is 1. The van der Waals surface area contributed by atoms with Crippen LogP contribution in [0.1, 0.15) is 21.6 Å². The molecule has 1 aromatic heterocycles. The number of benzene rings is 2. The van der Waals surface area contributed by atoms with Gasteiger partial charge in [0.1, 0.15) is 11.6 Å². The molecule has 3 rings (SSSR count). The summed E-state index contributed by atoms with van der Waals surface area (Å²) in [6.07, 6.45) is 2.96. The van der Waals surface area contributed by atoms with Crippen LogP contribution < -0.4 is 9.47 Å². The SMILES string of the molecule is COc1ccc(/C(Cl)=C/C=C(\C#N)C(=O)c2c(C)[nH]c3ccccc23)cc1OC. The third kappa shape index (κ3) is 4.03. The van der Waals surface area contributed by atoms with Gasteiger partial charge in [-0.3, -0.25) is 4.79 Å². The summed E-state index contributed by atoms with van der Waals surface area (Å²) < 4.78 is 10.5. The molecule has 0 spiro atoms. The van der Waals surface area contributed by atoms with E-state index in [1.807, 2.05) is 37.3 Å². The minimum atomic E-state index is -0.351. The third-order valence-corrected chi connectivity index (χ3v) is 4.89. The summed E-state index contributed by atoms with van der Waals surface area (Å²) in [5, 5.41) is 10.7. The first-order valence-electron chi connectivity index (χ1n) is 8.82. The fourth-order valence-electron chi connectivity index (χ4n) is 3.11. The number of carbonyl (C=O) groups excluding carboxylic acids is 1. The minimum absolute atomic E-state index is 0.00326. The molecule has 0 aliphatic carbocycles. The van der Waals surface area contributed by atoms with Gasteiger partial charge in [0, 0.05) is 21.6 Å². The van der Waals surface area contributed by atoms with Crippen molar-refractivity contribution in [1.82, 2.24) is 4.98 Å². The Kier molecular flexibility index (Phi) is 6.06. The molecule has 0 saturated heterocycles. The number of fused-ring (bicyclic) bond motifs is 1. The lowest BCUT2D eigenvalue weighted by Gasteiger charge is -2.08. The minimum Gasteiger partial charge on any atom is -0.493 e. The van der Waals surface area contributed by atoms with Crippen molar-refractivity contribution in [3.05, 3.63) is 77.0 Å². The molecule has 0 radical (unpaired) electrons. The van der Waals surface area contributed by atoms with Crippen molar-refractivity contribution in [1.29, 1.82) is 5.26 Å². The number of halogens is 1. The molecule has 0 atom stereocenters. The fourth-order valence-corrected chi connectivity index (χ4v) is 3.29. The number of carbonyl (C=O) groups is 1. The normalized spacial score (nSPS) is 12.0. The maximum absolute atomic E-state index is 13.0. The first-order chi connectivity index (χ1) is 14.0. The van der Waals surface area contributed by atoms with Crippen LogP contribution in [-0.4, -0.2) is 25.0 Å². The molecule has 0 aliphatic rings. The van der Waals surface area contributed by atoms with Crippen molar-refractivity contribution in [2.24, 2.45) is 0 Å². The highest BCUT2D eigenvalue weighted by molar-refractivity contribution is 6.49. The molecule has 0 bridgehead atoms. The maximum atomic E-state index is 13.0. The Bertz CT molecular complexity index is 1180. The summed E-state index contributed by atoms with van der Waals surface area (Å²) in [7, 11) is 3.09. The van der Waals surface area contributed by atoms with Gasteiger partial charge < -0.3 is 14.5 Å². The van der Waals surface area contributed by atoms with Gasteiger partial charge in [-0.2, -0.15) is 5.26 Å². The fraction of sp³-hybridized carbons (Fsp3) is 0.130. The number of hydrogen-bond donors (Lipinski definition) is 1. The number of Topliss-reactive ketones (excluding diaryl/α,β-unsaturated/α-hetero) is 1. The Morgan fingerprint density at radius 2 is 1.83 bits per heavy atom. The second kappa shape index (κ2) is 8.68. The number of aryl methyl sites for hydroxylation is 1. The van der Waals surface area contributed by atoms with Gasteiger partial charge in [-0.25, -0.2) is 0 Å². The number of nitrogens with one attached hydrogen (secondary N) is 1. The van der Waals surface area contributed by atoms with Crippen molar-refractivity contribution in [2.75, 3.05) is 14.2 Å². The largest absolute Gasteiger partial charge is 0.493 e. The van der Waals surface area contributed by atoms with Crippen LogP contribution in [0.3, 0.4) is 0 Å². The van der Waals surface area contributed by atoms with Crippen LogP contribution in [0.5, 0.6) is 11.5 Å². The molecule has 0 amide bonds. The van der Waals surface area contributed by atoms with E-state index in [-0.39, 0.29) is 11.4 Å². The van der Waals surface area contributed by atoms with Crippen LogP contribution in [-0.2, 0) is 0 Å². The second-order valence-electron chi connectivity index (χ2n) is 6.28. The maximum Gasteiger partial charge on any atom is 0.205 e. The van der Waals surface area contributed by atoms with E-state index in [0.717, 1.165) is 10.9 Å². The number of hydrogen-bond acceptors (Lipinski definition) is 4. The number of H-pyrrole nitrogens is 1. The summed E-state index contributed by atoms with van der Waals surface area (Å²) in [5.74, 6) is 0.765. The summed E-state index contributed by atoms with van der Waals surface area (Å²) >= 11 is 6.38. The molecule has 0 fully saturated rings. The molecule has 3 aromatic rings. The van der Waals surface area contributed by atoms with Gasteiger partial charge in [-0.05, 0) is 48.9 Å². The zero-order valence-corrected chi connectivity index (χ0v) is 17.0. The molecule has 6 heteroatoms. The van der Waals surface area contributed by atoms with Crippen LogP contribution in [0.2, 0.25) is 0 Å². The standard InChI is InChI=1S/C23H19ClN2O3/c1-14-22(17-6-4-5-7-19(17)26-14)23(27)16(13-25)8-10-18(24)15-9-11-20(28-2)21(12-15)29-3/h4-12,26H,1-3H3/b16-8+,18-10-.